The van der Waals surface area contributed by atoms with Crippen LogP contribution >= 0.6 is 0 Å². The molecule has 1 unspecified atom stereocenters. The Morgan fingerprint density at radius 3 is 2.57 bits per heavy atom. The van der Waals surface area contributed by atoms with Gasteiger partial charge in [0.05, 0.1) is 12.2 Å². The largest absolute Gasteiger partial charge is 0.544 e. The van der Waals surface area contributed by atoms with Crippen molar-refractivity contribution in [1.29, 1.82) is 0 Å². The second-order valence-electron chi connectivity index (χ2n) is 6.13. The molecule has 0 fully saturated rings. The van der Waals surface area contributed by atoms with E-state index in [-0.39, 0.29) is 11.0 Å². The van der Waals surface area contributed by atoms with Gasteiger partial charge in [-0.3, -0.25) is 0 Å². The van der Waals surface area contributed by atoms with E-state index in [2.05, 4.69) is 24.1 Å². The summed E-state index contributed by atoms with van der Waals surface area (Å²) in [4.78, 5) is 15.4. The topological polar surface area (TPSA) is 78.5 Å². The minimum absolute atomic E-state index is 0.0795. The predicted molar refractivity (Wildman–Crippen MR) is 92.4 cm³/mol. The Kier molecular flexibility index (Phi) is 9.48. The van der Waals surface area contributed by atoms with Crippen LogP contribution in [0.4, 0.5) is 0 Å². The molecule has 0 aromatic rings. The predicted octanol–water partition coefficient (Wildman–Crippen LogP) is 2.09. The molecule has 1 heterocycles. The zero-order valence-electron chi connectivity index (χ0n) is 14.4. The minimum Gasteiger partial charge on any atom is -0.544 e. The summed E-state index contributed by atoms with van der Waals surface area (Å²) in [5.74, 6) is -0.167. The van der Waals surface area contributed by atoms with Gasteiger partial charge in [-0.1, -0.05) is 31.9 Å². The monoisotopic (exact) mass is 321 g/mol. The number of carbonyl (C=O) groups is 1. The van der Waals surface area contributed by atoms with Crippen LogP contribution in [0.5, 0.6) is 0 Å². The molecule has 1 rings (SSSR count). The highest BCUT2D eigenvalue weighted by atomic mass is 16.4. The lowest BCUT2D eigenvalue weighted by Crippen LogP contribution is -2.55. The number of nitrogens with two attached hydrogens (primary N) is 1. The first-order valence-corrected chi connectivity index (χ1v) is 8.81. The van der Waals surface area contributed by atoms with Gasteiger partial charge in [0.15, 0.2) is 0 Å². The number of carboxylic acids is 1. The van der Waals surface area contributed by atoms with Crippen molar-refractivity contribution in [1.82, 2.24) is 0 Å². The second kappa shape index (κ2) is 11.1. The molecule has 1 atom stereocenters. The maximum absolute atomic E-state index is 11.0. The van der Waals surface area contributed by atoms with Crippen LogP contribution < -0.4 is 10.8 Å². The highest BCUT2D eigenvalue weighted by Gasteiger charge is 2.34. The number of unbranched alkanes of at least 4 members (excludes halogenated alkanes) is 5. The first kappa shape index (κ1) is 19.6. The van der Waals surface area contributed by atoms with Crippen LogP contribution in [0.1, 0.15) is 58.3 Å². The molecular formula is C18H31N3O2. The van der Waals surface area contributed by atoms with Gasteiger partial charge in [-0.2, -0.15) is 0 Å². The van der Waals surface area contributed by atoms with Crippen LogP contribution in [0.2, 0.25) is 0 Å². The lowest BCUT2D eigenvalue weighted by Gasteiger charge is -2.32. The lowest BCUT2D eigenvalue weighted by atomic mass is 10.1. The third-order valence-electron chi connectivity index (χ3n) is 4.19. The molecule has 0 aliphatic carbocycles. The van der Waals surface area contributed by atoms with E-state index in [1.807, 2.05) is 6.20 Å². The van der Waals surface area contributed by atoms with Crippen molar-refractivity contribution in [3.8, 4) is 0 Å². The molecule has 5 nitrogen and oxygen atoms in total. The number of carbonyl (C=O) groups excluding carboxylic acids is 1. The van der Waals surface area contributed by atoms with Crippen molar-refractivity contribution in [2.45, 2.75) is 58.3 Å². The van der Waals surface area contributed by atoms with Crippen LogP contribution in [-0.4, -0.2) is 35.9 Å². The molecule has 130 valence electrons. The number of aliphatic carboxylic acids is 1. The van der Waals surface area contributed by atoms with E-state index in [4.69, 9.17) is 5.73 Å². The van der Waals surface area contributed by atoms with Gasteiger partial charge in [-0.25, -0.2) is 9.48 Å². The third-order valence-corrected chi connectivity index (χ3v) is 4.19. The molecule has 0 saturated carbocycles. The van der Waals surface area contributed by atoms with E-state index >= 15 is 0 Å². The maximum Gasteiger partial charge on any atom is 0.207 e. The van der Waals surface area contributed by atoms with Gasteiger partial charge in [-0.15, -0.1) is 0 Å². The number of rotatable bonds is 13. The molecule has 0 spiro atoms. The quantitative estimate of drug-likeness (QED) is 0.320. The summed E-state index contributed by atoms with van der Waals surface area (Å²) in [7, 11) is 0. The van der Waals surface area contributed by atoms with Crippen LogP contribution in [0, 0.1) is 0 Å². The number of aliphatic imine (C=N–C) groups is 1. The summed E-state index contributed by atoms with van der Waals surface area (Å²) >= 11 is 0. The van der Waals surface area contributed by atoms with Gasteiger partial charge in [-0.05, 0) is 32.1 Å². The first-order chi connectivity index (χ1) is 11.1. The van der Waals surface area contributed by atoms with Gasteiger partial charge in [0.2, 0.25) is 5.84 Å². The molecule has 1 aliphatic rings. The Bertz CT molecular complexity index is 444. The fraction of sp³-hybridized carbons (Fsp3) is 0.667. The molecule has 0 amide bonds. The Morgan fingerprint density at radius 2 is 1.96 bits per heavy atom. The lowest BCUT2D eigenvalue weighted by molar-refractivity contribution is -0.780. The fourth-order valence-corrected chi connectivity index (χ4v) is 2.92. The average molecular weight is 321 g/mol. The number of allylic oxidation sites excluding steroid dienone is 2. The zero-order chi connectivity index (χ0) is 17.0. The molecule has 0 radical (unpaired) electrons. The van der Waals surface area contributed by atoms with Crippen molar-refractivity contribution < 1.29 is 14.4 Å². The fourth-order valence-electron chi connectivity index (χ4n) is 2.92. The number of nitrogens with zero attached hydrogens (tertiary/aromatic N) is 2. The molecule has 1 aliphatic heterocycles. The van der Waals surface area contributed by atoms with Crippen molar-refractivity contribution in [2.24, 2.45) is 10.7 Å². The number of quaternary nitrogens is 1. The van der Waals surface area contributed by atoms with E-state index in [0.717, 1.165) is 31.5 Å². The van der Waals surface area contributed by atoms with Crippen LogP contribution in [-0.2, 0) is 4.79 Å². The summed E-state index contributed by atoms with van der Waals surface area (Å²) < 4.78 is 0.228. The van der Waals surface area contributed by atoms with Gasteiger partial charge < -0.3 is 15.6 Å². The molecule has 0 saturated heterocycles. The third kappa shape index (κ3) is 7.10. The van der Waals surface area contributed by atoms with Crippen molar-refractivity contribution in [2.75, 3.05) is 19.6 Å². The Balaban J connectivity index is 2.31. The van der Waals surface area contributed by atoms with Crippen LogP contribution in [0.3, 0.4) is 0 Å². The van der Waals surface area contributed by atoms with Crippen molar-refractivity contribution in [3.05, 3.63) is 24.6 Å². The highest BCUT2D eigenvalue weighted by molar-refractivity contribution is 5.80. The summed E-state index contributed by atoms with van der Waals surface area (Å²) in [5, 5.41) is 11.0. The number of carboxylic acid groups (broad SMARTS) is 1. The summed E-state index contributed by atoms with van der Waals surface area (Å²) in [6, 6.07) is 0. The van der Waals surface area contributed by atoms with Crippen molar-refractivity contribution in [3.63, 3.8) is 0 Å². The Labute approximate surface area is 140 Å². The normalized spacial score (nSPS) is 20.3. The van der Waals surface area contributed by atoms with Gasteiger partial charge in [0, 0.05) is 13.0 Å². The average Bonchev–Trinajstić information content (AvgIpc) is 2.87. The molecule has 2 N–H and O–H groups in total. The van der Waals surface area contributed by atoms with E-state index in [1.54, 1.807) is 6.20 Å². The molecule has 0 bridgehead atoms. The van der Waals surface area contributed by atoms with E-state index in [9.17, 15) is 9.90 Å². The van der Waals surface area contributed by atoms with E-state index in [0.29, 0.717) is 13.1 Å². The first-order valence-electron chi connectivity index (χ1n) is 8.81. The standard InChI is InChI=1S/C18H31N3O2/c1-2-3-4-5-6-7-8-9-10-11-17-20-13-15-21(17,14-12-19)16-18(22)23/h6-7,13,15H,2-5,8-12,14,16,19H2,1H3/b7-6+. The van der Waals surface area contributed by atoms with Gasteiger partial charge in [0.25, 0.3) is 0 Å². The summed E-state index contributed by atoms with van der Waals surface area (Å²) in [5.41, 5.74) is 5.65. The van der Waals surface area contributed by atoms with Crippen LogP contribution in [0.25, 0.3) is 0 Å². The number of amidine groups is 1. The number of hydrogen-bond donors (Lipinski definition) is 1. The maximum atomic E-state index is 11.0. The molecular weight excluding hydrogens is 290 g/mol. The van der Waals surface area contributed by atoms with E-state index < -0.39 is 5.97 Å². The Morgan fingerprint density at radius 1 is 1.26 bits per heavy atom. The number of hydrogen-bond acceptors (Lipinski definition) is 4. The summed E-state index contributed by atoms with van der Waals surface area (Å²) in [6.07, 6.45) is 17.1. The highest BCUT2D eigenvalue weighted by Crippen LogP contribution is 2.20. The van der Waals surface area contributed by atoms with Crippen molar-refractivity contribution >= 4 is 11.8 Å². The SMILES string of the molecule is CCCCC/C=C/CCCCC1=NC=C[N+]1(CCN)CC(=O)[O-]. The molecule has 0 aromatic heterocycles. The Hall–Kier alpha value is -1.46. The van der Waals surface area contributed by atoms with Gasteiger partial charge >= 0.3 is 0 Å². The zero-order valence-corrected chi connectivity index (χ0v) is 14.4. The molecule has 23 heavy (non-hydrogen) atoms. The minimum atomic E-state index is -1.06. The molecule has 0 aromatic carbocycles. The molecule has 5 heteroatoms. The van der Waals surface area contributed by atoms with Gasteiger partial charge in [0.1, 0.15) is 19.3 Å². The van der Waals surface area contributed by atoms with E-state index in [1.165, 1.54) is 25.7 Å². The summed E-state index contributed by atoms with van der Waals surface area (Å²) in [6.45, 7) is 3.12. The van der Waals surface area contributed by atoms with Crippen LogP contribution in [0.15, 0.2) is 29.5 Å². The smallest absolute Gasteiger partial charge is 0.207 e. The second-order valence-corrected chi connectivity index (χ2v) is 6.13.